The van der Waals surface area contributed by atoms with Crippen molar-refractivity contribution < 1.29 is 26.7 Å². The lowest BCUT2D eigenvalue weighted by atomic mass is 10.2. The van der Waals surface area contributed by atoms with Crippen molar-refractivity contribution >= 4 is 21.6 Å². The minimum Gasteiger partial charge on any atom is -0.395 e. The number of hydrogen-bond acceptors (Lipinski definition) is 3. The highest BCUT2D eigenvalue weighted by molar-refractivity contribution is 7.89. The molecule has 0 spiro atoms. The van der Waals surface area contributed by atoms with Crippen LogP contribution >= 0.6 is 11.6 Å². The zero-order chi connectivity index (χ0) is 15.8. The van der Waals surface area contributed by atoms with Gasteiger partial charge in [-0.05, 0) is 31.0 Å². The van der Waals surface area contributed by atoms with Crippen LogP contribution in [0.5, 0.6) is 0 Å². The van der Waals surface area contributed by atoms with Gasteiger partial charge in [0.25, 0.3) is 0 Å². The Kier molecular flexibility index (Phi) is 4.53. The van der Waals surface area contributed by atoms with Crippen molar-refractivity contribution in [3.05, 3.63) is 28.8 Å². The summed E-state index contributed by atoms with van der Waals surface area (Å²) in [6.07, 6.45) is -3.41. The van der Waals surface area contributed by atoms with Crippen LogP contribution in [0.15, 0.2) is 23.1 Å². The monoisotopic (exact) mass is 343 g/mol. The fraction of sp³-hybridized carbons (Fsp3) is 0.500. The van der Waals surface area contributed by atoms with Gasteiger partial charge in [0.15, 0.2) is 0 Å². The van der Waals surface area contributed by atoms with Gasteiger partial charge in [-0.2, -0.15) is 17.5 Å². The van der Waals surface area contributed by atoms with Gasteiger partial charge in [0, 0.05) is 12.6 Å². The molecule has 1 aromatic carbocycles. The average Bonchev–Trinajstić information content (AvgIpc) is 3.18. The predicted molar refractivity (Wildman–Crippen MR) is 70.5 cm³/mol. The summed E-state index contributed by atoms with van der Waals surface area (Å²) in [4.78, 5) is -0.584. The molecule has 2 rings (SSSR count). The van der Waals surface area contributed by atoms with E-state index in [0.29, 0.717) is 18.9 Å². The van der Waals surface area contributed by atoms with Crippen LogP contribution in [0.4, 0.5) is 13.2 Å². The summed E-state index contributed by atoms with van der Waals surface area (Å²) in [5, 5.41) is 8.69. The summed E-state index contributed by atoms with van der Waals surface area (Å²) in [7, 11) is -4.17. The average molecular weight is 344 g/mol. The predicted octanol–water partition coefficient (Wildman–Crippen LogP) is 2.50. The van der Waals surface area contributed by atoms with Gasteiger partial charge in [-0.1, -0.05) is 11.6 Å². The minimum absolute atomic E-state index is 0.167. The number of sulfonamides is 1. The molecule has 0 aromatic heterocycles. The smallest absolute Gasteiger partial charge is 0.395 e. The van der Waals surface area contributed by atoms with Crippen LogP contribution in [0, 0.1) is 0 Å². The Hall–Kier alpha value is -0.830. The normalized spacial score (nSPS) is 16.5. The molecule has 1 saturated carbocycles. The number of alkyl halides is 3. The number of hydrogen-bond donors (Lipinski definition) is 1. The molecule has 0 atom stereocenters. The Bertz CT molecular complexity index is 629. The fourth-order valence-electron chi connectivity index (χ4n) is 1.96. The number of aliphatic hydroxyl groups excluding tert-OH is 1. The first-order valence-electron chi connectivity index (χ1n) is 6.17. The SMILES string of the molecule is O=S(=O)(c1cc(C(F)(F)F)ccc1Cl)N(CCO)C1CC1. The van der Waals surface area contributed by atoms with Crippen LogP contribution in [0.25, 0.3) is 0 Å². The van der Waals surface area contributed by atoms with Crippen LogP contribution in [0.3, 0.4) is 0 Å². The van der Waals surface area contributed by atoms with Gasteiger partial charge in [0.2, 0.25) is 10.0 Å². The van der Waals surface area contributed by atoms with E-state index in [1.54, 1.807) is 0 Å². The lowest BCUT2D eigenvalue weighted by Crippen LogP contribution is -2.35. The van der Waals surface area contributed by atoms with E-state index in [4.69, 9.17) is 16.7 Å². The number of benzene rings is 1. The van der Waals surface area contributed by atoms with E-state index in [9.17, 15) is 21.6 Å². The molecule has 21 heavy (non-hydrogen) atoms. The topological polar surface area (TPSA) is 57.6 Å². The van der Waals surface area contributed by atoms with Gasteiger partial charge in [-0.3, -0.25) is 0 Å². The maximum atomic E-state index is 12.7. The van der Waals surface area contributed by atoms with Crippen molar-refractivity contribution in [2.24, 2.45) is 0 Å². The Morgan fingerprint density at radius 3 is 2.43 bits per heavy atom. The minimum atomic E-state index is -4.66. The van der Waals surface area contributed by atoms with Crippen molar-refractivity contribution in [3.63, 3.8) is 0 Å². The Labute approximate surface area is 125 Å². The van der Waals surface area contributed by atoms with Crippen molar-refractivity contribution in [3.8, 4) is 0 Å². The molecular formula is C12H13ClF3NO3S. The van der Waals surface area contributed by atoms with Gasteiger partial charge in [0.1, 0.15) is 4.90 Å². The van der Waals surface area contributed by atoms with E-state index >= 15 is 0 Å². The first-order valence-corrected chi connectivity index (χ1v) is 7.99. The number of halogens is 4. The molecule has 4 nitrogen and oxygen atoms in total. The van der Waals surface area contributed by atoms with Gasteiger partial charge >= 0.3 is 6.18 Å². The Balaban J connectivity index is 2.48. The third-order valence-electron chi connectivity index (χ3n) is 3.12. The molecule has 118 valence electrons. The van der Waals surface area contributed by atoms with E-state index in [-0.39, 0.29) is 17.6 Å². The number of aliphatic hydroxyl groups is 1. The van der Waals surface area contributed by atoms with E-state index < -0.39 is 33.3 Å². The molecule has 0 unspecified atom stereocenters. The molecule has 0 heterocycles. The van der Waals surface area contributed by atoms with Crippen molar-refractivity contribution in [2.75, 3.05) is 13.2 Å². The van der Waals surface area contributed by atoms with Gasteiger partial charge in [-0.15, -0.1) is 0 Å². The summed E-state index contributed by atoms with van der Waals surface area (Å²) >= 11 is 5.76. The highest BCUT2D eigenvalue weighted by Crippen LogP contribution is 2.37. The summed E-state index contributed by atoms with van der Waals surface area (Å²) in [5.41, 5.74) is -1.08. The van der Waals surface area contributed by atoms with Gasteiger partial charge in [0.05, 0.1) is 17.2 Å². The Morgan fingerprint density at radius 1 is 1.33 bits per heavy atom. The molecule has 9 heteroatoms. The van der Waals surface area contributed by atoms with E-state index in [1.165, 1.54) is 0 Å². The van der Waals surface area contributed by atoms with Crippen LogP contribution in [-0.4, -0.2) is 37.0 Å². The van der Waals surface area contributed by atoms with E-state index in [2.05, 4.69) is 0 Å². The molecule has 0 amide bonds. The van der Waals surface area contributed by atoms with Crippen LogP contribution < -0.4 is 0 Å². The van der Waals surface area contributed by atoms with Gasteiger partial charge in [-0.25, -0.2) is 8.42 Å². The second kappa shape index (κ2) is 5.75. The van der Waals surface area contributed by atoms with Crippen molar-refractivity contribution in [2.45, 2.75) is 30.0 Å². The van der Waals surface area contributed by atoms with E-state index in [1.807, 2.05) is 0 Å². The maximum Gasteiger partial charge on any atom is 0.416 e. The molecule has 1 aliphatic carbocycles. The quantitative estimate of drug-likeness (QED) is 0.893. The molecule has 0 saturated heterocycles. The molecule has 0 bridgehead atoms. The first kappa shape index (κ1) is 16.5. The highest BCUT2D eigenvalue weighted by atomic mass is 35.5. The summed E-state index contributed by atoms with van der Waals surface area (Å²) in [6, 6.07) is 1.90. The number of nitrogens with zero attached hydrogens (tertiary/aromatic N) is 1. The molecular weight excluding hydrogens is 331 g/mol. The lowest BCUT2D eigenvalue weighted by Gasteiger charge is -2.22. The number of rotatable bonds is 5. The zero-order valence-corrected chi connectivity index (χ0v) is 12.3. The van der Waals surface area contributed by atoms with Crippen molar-refractivity contribution in [1.82, 2.24) is 4.31 Å². The third-order valence-corrected chi connectivity index (χ3v) is 5.55. The standard InChI is InChI=1S/C12H13ClF3NO3S/c13-10-4-1-8(12(14,15)16)7-11(10)21(19,20)17(5-6-18)9-2-3-9/h1,4,7,9,18H,2-3,5-6H2. The second-order valence-corrected chi connectivity index (χ2v) is 6.98. The first-order chi connectivity index (χ1) is 9.67. The van der Waals surface area contributed by atoms with E-state index in [0.717, 1.165) is 16.4 Å². The largest absolute Gasteiger partial charge is 0.416 e. The second-order valence-electron chi connectivity index (χ2n) is 4.71. The molecule has 1 aliphatic rings. The zero-order valence-electron chi connectivity index (χ0n) is 10.8. The fourth-order valence-corrected chi connectivity index (χ4v) is 4.14. The van der Waals surface area contributed by atoms with Crippen LogP contribution in [-0.2, 0) is 16.2 Å². The third kappa shape index (κ3) is 3.50. The summed E-state index contributed by atoms with van der Waals surface area (Å²) in [5.74, 6) is 0. The van der Waals surface area contributed by atoms with Crippen LogP contribution in [0.2, 0.25) is 5.02 Å². The Morgan fingerprint density at radius 2 is 1.95 bits per heavy atom. The lowest BCUT2D eigenvalue weighted by molar-refractivity contribution is -0.137. The van der Waals surface area contributed by atoms with Gasteiger partial charge < -0.3 is 5.11 Å². The van der Waals surface area contributed by atoms with Crippen LogP contribution in [0.1, 0.15) is 18.4 Å². The molecule has 1 fully saturated rings. The molecule has 1 N–H and O–H groups in total. The molecule has 1 aromatic rings. The maximum absolute atomic E-state index is 12.7. The summed E-state index contributed by atoms with van der Waals surface area (Å²) in [6.45, 7) is -0.577. The molecule has 0 aliphatic heterocycles. The molecule has 0 radical (unpaired) electrons. The van der Waals surface area contributed by atoms with Crippen molar-refractivity contribution in [1.29, 1.82) is 0 Å². The highest BCUT2D eigenvalue weighted by Gasteiger charge is 2.40. The summed E-state index contributed by atoms with van der Waals surface area (Å²) < 4.78 is 64.1.